The van der Waals surface area contributed by atoms with E-state index in [0.717, 1.165) is 6.42 Å². The van der Waals surface area contributed by atoms with E-state index in [0.29, 0.717) is 11.8 Å². The summed E-state index contributed by atoms with van der Waals surface area (Å²) in [4.78, 5) is 0. The van der Waals surface area contributed by atoms with E-state index in [1.54, 1.807) is 32.0 Å². The number of hydrogen-bond donors (Lipinski definition) is 0. The third-order valence-corrected chi connectivity index (χ3v) is 17.7. The molecule has 0 heterocycles. The van der Waals surface area contributed by atoms with Crippen molar-refractivity contribution in [3.8, 4) is 11.1 Å². The molecule has 0 radical (unpaired) electrons. The van der Waals surface area contributed by atoms with Gasteiger partial charge in [-0.3, -0.25) is 0 Å². The van der Waals surface area contributed by atoms with Crippen molar-refractivity contribution in [3.05, 3.63) is 109 Å². The molecule has 0 nitrogen and oxygen atoms in total. The number of benzene rings is 3. The first-order valence-corrected chi connectivity index (χ1v) is 18.9. The molecule has 222 valence electrons. The molecule has 0 aromatic heterocycles. The van der Waals surface area contributed by atoms with Gasteiger partial charge < -0.3 is 24.8 Å². The number of rotatable bonds is 4. The van der Waals surface area contributed by atoms with E-state index in [-0.39, 0.29) is 35.6 Å². The standard InChI is InChI=1S/C21H25.C10H15.C8H8.2ClH.Zr/c1-20(2,3)16-7-9-18-14(12-16)11-15-13-17(21(4,5)6)8-10-19(15)18;1-7(2)10-6-8(3)5-9(10)4;1-2-8-6-4-3-5-7-8;;;/h7-10,12H,11H2,1-6H3;6-8H,1-4H3;3-7H,1H3;2*1H;/q;;;;;+2/p-2. The molecule has 3 heteroatoms. The first-order chi connectivity index (χ1) is 18.7. The molecule has 3 aromatic carbocycles. The largest absolute Gasteiger partial charge is 1.00 e. The Morgan fingerprint density at radius 1 is 0.833 bits per heavy atom. The van der Waals surface area contributed by atoms with Gasteiger partial charge in [-0.1, -0.05) is 0 Å². The summed E-state index contributed by atoms with van der Waals surface area (Å²) in [5, 5.41) is 0. The smallest absolute Gasteiger partial charge is 1.00 e. The minimum atomic E-state index is -2.62. The molecule has 2 aliphatic carbocycles. The maximum Gasteiger partial charge on any atom is -1.00 e. The second-order valence-corrected chi connectivity index (χ2v) is 20.8. The molecule has 0 fully saturated rings. The fourth-order valence-corrected chi connectivity index (χ4v) is 16.4. The van der Waals surface area contributed by atoms with Crippen LogP contribution in [0.4, 0.5) is 0 Å². The minimum Gasteiger partial charge on any atom is -1.00 e. The summed E-state index contributed by atoms with van der Waals surface area (Å²) in [5.41, 5.74) is 13.9. The van der Waals surface area contributed by atoms with Crippen molar-refractivity contribution in [2.45, 2.75) is 93.4 Å². The van der Waals surface area contributed by atoms with Gasteiger partial charge >= 0.3 is 253 Å². The van der Waals surface area contributed by atoms with Gasteiger partial charge in [-0.15, -0.1) is 0 Å². The van der Waals surface area contributed by atoms with Crippen molar-refractivity contribution in [1.82, 2.24) is 0 Å². The van der Waals surface area contributed by atoms with Crippen LogP contribution in [0.3, 0.4) is 0 Å². The molecule has 0 saturated heterocycles. The van der Waals surface area contributed by atoms with Crippen LogP contribution in [0.1, 0.15) is 104 Å². The zero-order valence-corrected chi connectivity index (χ0v) is 31.4. The van der Waals surface area contributed by atoms with Crippen LogP contribution in [0, 0.1) is 11.8 Å². The van der Waals surface area contributed by atoms with Crippen LogP contribution in [0.25, 0.3) is 11.1 Å². The third-order valence-electron chi connectivity index (χ3n) is 9.19. The predicted molar refractivity (Wildman–Crippen MR) is 173 cm³/mol. The Morgan fingerprint density at radius 3 is 2.00 bits per heavy atom. The molecule has 0 N–H and O–H groups in total. The SMILES string of the molecule is CC1=[C](/[Zr+2](=[C](\C)c2ccccc2)[c]2c(C(C)(C)C)ccc3c2Cc2cc(C(C)(C)C)ccc2-3)C(C)C=C1C(C)C.[Cl-].[Cl-]. The molecule has 42 heavy (non-hydrogen) atoms. The van der Waals surface area contributed by atoms with Gasteiger partial charge in [-0.25, -0.2) is 0 Å². The number of allylic oxidation sites excluding steroid dienone is 4. The second-order valence-electron chi connectivity index (χ2n) is 14.5. The first kappa shape index (κ1) is 35.0. The van der Waals surface area contributed by atoms with Crippen LogP contribution < -0.4 is 28.1 Å². The molecule has 3 aromatic rings. The fraction of sp³-hybridized carbons (Fsp3) is 0.410. The molecule has 0 amide bonds. The zero-order valence-electron chi connectivity index (χ0n) is 27.5. The minimum absolute atomic E-state index is 0. The average Bonchev–Trinajstić information content (AvgIpc) is 3.40. The van der Waals surface area contributed by atoms with Crippen molar-refractivity contribution >= 4 is 6.48 Å². The van der Waals surface area contributed by atoms with E-state index in [1.807, 2.05) is 0 Å². The molecular weight excluding hydrogens is 631 g/mol. The fourth-order valence-electron chi connectivity index (χ4n) is 7.03. The Kier molecular flexibility index (Phi) is 10.7. The summed E-state index contributed by atoms with van der Waals surface area (Å²) in [6, 6.07) is 23.6. The summed E-state index contributed by atoms with van der Waals surface area (Å²) >= 11 is -2.62. The second kappa shape index (κ2) is 12.8. The molecule has 5 rings (SSSR count). The summed E-state index contributed by atoms with van der Waals surface area (Å²) in [6.07, 6.45) is 3.66. The summed E-state index contributed by atoms with van der Waals surface area (Å²) in [6.45, 7) is 26.4. The van der Waals surface area contributed by atoms with Crippen LogP contribution >= 0.6 is 0 Å². The Hall–Kier alpha value is -1.53. The topological polar surface area (TPSA) is 0 Å². The monoisotopic (exact) mass is 676 g/mol. The maximum atomic E-state index is 2.60. The van der Waals surface area contributed by atoms with Gasteiger partial charge in [0.25, 0.3) is 0 Å². The maximum absolute atomic E-state index is 2.62. The van der Waals surface area contributed by atoms with E-state index < -0.39 is 21.3 Å². The van der Waals surface area contributed by atoms with Crippen molar-refractivity contribution in [2.75, 3.05) is 0 Å². The zero-order chi connectivity index (χ0) is 29.1. The quantitative estimate of drug-likeness (QED) is 0.308. The van der Waals surface area contributed by atoms with Crippen molar-refractivity contribution < 1.29 is 46.1 Å². The number of halogens is 2. The van der Waals surface area contributed by atoms with Crippen LogP contribution in [0.15, 0.2) is 81.2 Å². The predicted octanol–water partition coefficient (Wildman–Crippen LogP) is 3.85. The number of fused-ring (bicyclic) bond motifs is 3. The van der Waals surface area contributed by atoms with Gasteiger partial charge in [-0.05, 0) is 0 Å². The summed E-state index contributed by atoms with van der Waals surface area (Å²) < 4.78 is 5.20. The Bertz CT molecular complexity index is 1570. The van der Waals surface area contributed by atoms with E-state index in [2.05, 4.69) is 143 Å². The number of hydrogen-bond acceptors (Lipinski definition) is 0. The Balaban J connectivity index is 0.00000242. The van der Waals surface area contributed by atoms with E-state index in [1.165, 1.54) is 27.8 Å². The molecule has 0 spiro atoms. The summed E-state index contributed by atoms with van der Waals surface area (Å²) in [7, 11) is 0. The van der Waals surface area contributed by atoms with Gasteiger partial charge in [-0.2, -0.15) is 0 Å². The van der Waals surface area contributed by atoms with Gasteiger partial charge in [0.05, 0.1) is 0 Å². The molecule has 1 unspecified atom stereocenters. The normalized spacial score (nSPS) is 16.4. The van der Waals surface area contributed by atoms with E-state index in [9.17, 15) is 0 Å². The van der Waals surface area contributed by atoms with Crippen LogP contribution in [-0.2, 0) is 38.5 Å². The van der Waals surface area contributed by atoms with Crippen LogP contribution in [0.2, 0.25) is 0 Å². The van der Waals surface area contributed by atoms with Crippen molar-refractivity contribution in [2.24, 2.45) is 11.8 Å². The van der Waals surface area contributed by atoms with Crippen molar-refractivity contribution in [1.29, 1.82) is 0 Å². The van der Waals surface area contributed by atoms with Gasteiger partial charge in [0.15, 0.2) is 0 Å². The molecule has 0 aliphatic heterocycles. The molecule has 0 bridgehead atoms. The van der Waals surface area contributed by atoms with Gasteiger partial charge in [0, 0.05) is 0 Å². The Morgan fingerprint density at radius 2 is 1.45 bits per heavy atom. The summed E-state index contributed by atoms with van der Waals surface area (Å²) in [5.74, 6) is 1.07. The van der Waals surface area contributed by atoms with Crippen molar-refractivity contribution in [3.63, 3.8) is 0 Å². The Labute approximate surface area is 276 Å². The van der Waals surface area contributed by atoms with E-state index >= 15 is 0 Å². The van der Waals surface area contributed by atoms with Gasteiger partial charge in [0.2, 0.25) is 0 Å². The molecule has 0 saturated carbocycles. The first-order valence-electron chi connectivity index (χ1n) is 15.2. The van der Waals surface area contributed by atoms with Crippen LogP contribution in [-0.4, -0.2) is 3.21 Å². The third kappa shape index (κ3) is 6.32. The molecular formula is C39H48Cl2Zr. The average molecular weight is 679 g/mol. The van der Waals surface area contributed by atoms with Gasteiger partial charge in [0.1, 0.15) is 0 Å². The molecule has 1 atom stereocenters. The van der Waals surface area contributed by atoms with Crippen LogP contribution in [0.5, 0.6) is 0 Å². The molecule has 2 aliphatic rings. The van der Waals surface area contributed by atoms with E-state index in [4.69, 9.17) is 0 Å².